The Morgan fingerprint density at radius 2 is 1.76 bits per heavy atom. The molecule has 1 saturated carbocycles. The van der Waals surface area contributed by atoms with Crippen molar-refractivity contribution in [3.63, 3.8) is 0 Å². The van der Waals surface area contributed by atoms with E-state index in [0.717, 1.165) is 12.4 Å². The molecule has 2 fully saturated rings. The van der Waals surface area contributed by atoms with E-state index in [2.05, 4.69) is 46.5 Å². The molecule has 0 spiro atoms. The van der Waals surface area contributed by atoms with Crippen LogP contribution in [0.15, 0.2) is 12.4 Å². The predicted molar refractivity (Wildman–Crippen MR) is 82.5 cm³/mol. The molecule has 1 aliphatic carbocycles. The van der Waals surface area contributed by atoms with Gasteiger partial charge in [-0.3, -0.25) is 4.79 Å². The van der Waals surface area contributed by atoms with E-state index in [4.69, 9.17) is 0 Å². The summed E-state index contributed by atoms with van der Waals surface area (Å²) in [5.41, 5.74) is 0.282. The molecule has 0 aromatic carbocycles. The van der Waals surface area contributed by atoms with E-state index in [0.29, 0.717) is 5.91 Å². The topological polar surface area (TPSA) is 38.1 Å². The van der Waals surface area contributed by atoms with E-state index in [1.807, 2.05) is 28.9 Å². The van der Waals surface area contributed by atoms with Crippen LogP contribution in [0.3, 0.4) is 0 Å². The number of hydrogen-bond donors (Lipinski definition) is 0. The highest BCUT2D eigenvalue weighted by Crippen LogP contribution is 2.69. The Labute approximate surface area is 127 Å². The average molecular weight is 289 g/mol. The van der Waals surface area contributed by atoms with Gasteiger partial charge in [0, 0.05) is 37.3 Å². The maximum Gasteiger partial charge on any atom is 0.227 e. The fraction of sp³-hybridized carbons (Fsp3) is 0.765. The van der Waals surface area contributed by atoms with Gasteiger partial charge in [-0.15, -0.1) is 0 Å². The second-order valence-corrected chi connectivity index (χ2v) is 8.63. The van der Waals surface area contributed by atoms with E-state index < -0.39 is 0 Å². The van der Waals surface area contributed by atoms with Gasteiger partial charge < -0.3 is 9.47 Å². The van der Waals surface area contributed by atoms with Crippen molar-refractivity contribution in [3.8, 4) is 0 Å². The lowest BCUT2D eigenvalue weighted by molar-refractivity contribution is -0.156. The van der Waals surface area contributed by atoms with Crippen LogP contribution in [0.5, 0.6) is 0 Å². The Balaban J connectivity index is 1.88. The first kappa shape index (κ1) is 14.6. The van der Waals surface area contributed by atoms with Crippen LogP contribution in [0.4, 0.5) is 0 Å². The van der Waals surface area contributed by atoms with E-state index in [-0.39, 0.29) is 28.2 Å². The zero-order chi connectivity index (χ0) is 15.8. The second kappa shape index (κ2) is 3.90. The molecule has 3 rings (SSSR count). The molecule has 1 aliphatic heterocycles. The van der Waals surface area contributed by atoms with Crippen molar-refractivity contribution in [2.75, 3.05) is 6.54 Å². The Morgan fingerprint density at radius 3 is 2.14 bits per heavy atom. The largest absolute Gasteiger partial charge is 0.336 e. The lowest BCUT2D eigenvalue weighted by Gasteiger charge is -2.54. The molecule has 4 heteroatoms. The van der Waals surface area contributed by atoms with Crippen molar-refractivity contribution in [2.45, 2.75) is 47.6 Å². The predicted octanol–water partition coefficient (Wildman–Crippen LogP) is 3.01. The number of carbonyl (C=O) groups is 1. The molecule has 1 unspecified atom stereocenters. The number of hydrogen-bond acceptors (Lipinski definition) is 2. The van der Waals surface area contributed by atoms with Gasteiger partial charge in [-0.1, -0.05) is 41.5 Å². The zero-order valence-corrected chi connectivity index (χ0v) is 14.3. The number of nitrogens with zero attached hydrogens (tertiary/aromatic N) is 3. The van der Waals surface area contributed by atoms with Gasteiger partial charge in [0.25, 0.3) is 0 Å². The molecule has 2 aliphatic rings. The quantitative estimate of drug-likeness (QED) is 0.839. The number of aromatic nitrogens is 2. The second-order valence-electron chi connectivity index (χ2n) is 8.63. The number of aryl methyl sites for hydroxylation is 1. The van der Waals surface area contributed by atoms with Crippen LogP contribution in [-0.4, -0.2) is 26.9 Å². The highest BCUT2D eigenvalue weighted by molar-refractivity contribution is 5.85. The number of imidazole rings is 1. The molecule has 1 atom stereocenters. The molecular formula is C17H27N3O. The molecule has 2 heterocycles. The minimum Gasteiger partial charge on any atom is -0.336 e. The molecule has 1 aromatic heterocycles. The molecule has 4 nitrogen and oxygen atoms in total. The summed E-state index contributed by atoms with van der Waals surface area (Å²) in [6, 6.07) is 0.0946. The summed E-state index contributed by atoms with van der Waals surface area (Å²) in [4.78, 5) is 19.5. The van der Waals surface area contributed by atoms with Gasteiger partial charge in [-0.05, 0) is 10.8 Å². The van der Waals surface area contributed by atoms with Gasteiger partial charge in [0.1, 0.15) is 5.82 Å². The van der Waals surface area contributed by atoms with Crippen LogP contribution in [-0.2, 0) is 11.8 Å². The van der Waals surface area contributed by atoms with Crippen molar-refractivity contribution < 1.29 is 4.79 Å². The maximum absolute atomic E-state index is 13.0. The third-order valence-electron chi connectivity index (χ3n) is 6.28. The summed E-state index contributed by atoms with van der Waals surface area (Å²) in [5.74, 6) is 1.43. The first-order valence-corrected chi connectivity index (χ1v) is 7.79. The standard InChI is InChI=1S/C17H27N3O/c1-15(2)10-20(12(15)13-18-8-9-19(13)7)14(21)11-16(3,4)17(11,5)6/h8-9,11-12H,10H2,1-7H3. The Kier molecular flexibility index (Phi) is 2.72. The fourth-order valence-corrected chi connectivity index (χ4v) is 4.24. The molecule has 1 amide bonds. The number of rotatable bonds is 2. The molecule has 21 heavy (non-hydrogen) atoms. The maximum atomic E-state index is 13.0. The SMILES string of the molecule is Cn1ccnc1C1N(C(=O)C2C(C)(C)C2(C)C)CC1(C)C. The average Bonchev–Trinajstić information content (AvgIpc) is 2.60. The molecule has 0 bridgehead atoms. The van der Waals surface area contributed by atoms with Gasteiger partial charge >= 0.3 is 0 Å². The molecular weight excluding hydrogens is 262 g/mol. The van der Waals surface area contributed by atoms with Crippen molar-refractivity contribution in [2.24, 2.45) is 29.2 Å². The highest BCUT2D eigenvalue weighted by Gasteiger charge is 2.70. The van der Waals surface area contributed by atoms with Crippen molar-refractivity contribution in [1.29, 1.82) is 0 Å². The fourth-order valence-electron chi connectivity index (χ4n) is 4.24. The van der Waals surface area contributed by atoms with Gasteiger partial charge in [-0.25, -0.2) is 4.98 Å². The zero-order valence-electron chi connectivity index (χ0n) is 14.3. The summed E-state index contributed by atoms with van der Waals surface area (Å²) in [7, 11) is 2.00. The monoisotopic (exact) mass is 289 g/mol. The molecule has 1 saturated heterocycles. The van der Waals surface area contributed by atoms with Crippen molar-refractivity contribution in [3.05, 3.63) is 18.2 Å². The number of amides is 1. The van der Waals surface area contributed by atoms with Gasteiger partial charge in [0.05, 0.1) is 6.04 Å². The summed E-state index contributed by atoms with van der Waals surface area (Å²) >= 11 is 0. The Bertz CT molecular complexity index is 583. The van der Waals surface area contributed by atoms with E-state index in [9.17, 15) is 4.79 Å². The number of carbonyl (C=O) groups excluding carboxylic acids is 1. The Hall–Kier alpha value is -1.32. The van der Waals surface area contributed by atoms with E-state index in [1.54, 1.807) is 0 Å². The van der Waals surface area contributed by atoms with Gasteiger partial charge in [-0.2, -0.15) is 0 Å². The molecule has 1 aromatic rings. The Morgan fingerprint density at radius 1 is 1.19 bits per heavy atom. The first-order valence-electron chi connectivity index (χ1n) is 7.79. The van der Waals surface area contributed by atoms with Crippen LogP contribution in [0, 0.1) is 22.2 Å². The summed E-state index contributed by atoms with van der Waals surface area (Å²) in [6.45, 7) is 14.1. The van der Waals surface area contributed by atoms with Crippen LogP contribution >= 0.6 is 0 Å². The van der Waals surface area contributed by atoms with Gasteiger partial charge in [0.2, 0.25) is 5.91 Å². The highest BCUT2D eigenvalue weighted by atomic mass is 16.2. The summed E-state index contributed by atoms with van der Waals surface area (Å²) < 4.78 is 2.04. The lowest BCUT2D eigenvalue weighted by Crippen LogP contribution is -2.59. The van der Waals surface area contributed by atoms with Crippen molar-refractivity contribution >= 4 is 5.91 Å². The first-order chi connectivity index (χ1) is 9.52. The third kappa shape index (κ3) is 1.74. The van der Waals surface area contributed by atoms with E-state index in [1.165, 1.54) is 0 Å². The molecule has 116 valence electrons. The molecule has 0 radical (unpaired) electrons. The lowest BCUT2D eigenvalue weighted by atomic mass is 9.74. The minimum absolute atomic E-state index is 0.0933. The normalized spacial score (nSPS) is 29.1. The van der Waals surface area contributed by atoms with Crippen LogP contribution < -0.4 is 0 Å². The molecule has 0 N–H and O–H groups in total. The van der Waals surface area contributed by atoms with Crippen molar-refractivity contribution in [1.82, 2.24) is 14.5 Å². The smallest absolute Gasteiger partial charge is 0.227 e. The van der Waals surface area contributed by atoms with Crippen LogP contribution in [0.1, 0.15) is 53.4 Å². The van der Waals surface area contributed by atoms with Gasteiger partial charge in [0.15, 0.2) is 0 Å². The van der Waals surface area contributed by atoms with Crippen LogP contribution in [0.2, 0.25) is 0 Å². The van der Waals surface area contributed by atoms with Crippen LogP contribution in [0.25, 0.3) is 0 Å². The van der Waals surface area contributed by atoms with E-state index >= 15 is 0 Å². The summed E-state index contributed by atoms with van der Waals surface area (Å²) in [5, 5.41) is 0. The number of likely N-dealkylation sites (tertiary alicyclic amines) is 1. The summed E-state index contributed by atoms with van der Waals surface area (Å²) in [6.07, 6.45) is 3.77. The minimum atomic E-state index is 0.0933. The third-order valence-corrected chi connectivity index (χ3v) is 6.28.